The minimum Gasteiger partial charge on any atom is -0.459 e. The number of rotatable bonds is 7. The molecule has 148 valence electrons. The van der Waals surface area contributed by atoms with Crippen LogP contribution in [0.25, 0.3) is 6.08 Å². The lowest BCUT2D eigenvalue weighted by Crippen LogP contribution is -2.24. The summed E-state index contributed by atoms with van der Waals surface area (Å²) in [7, 11) is 0. The van der Waals surface area contributed by atoms with Crippen LogP contribution in [0.2, 0.25) is 0 Å². The van der Waals surface area contributed by atoms with Gasteiger partial charge < -0.3 is 9.47 Å². The number of ether oxygens (including phenoxy) is 2. The molecule has 0 saturated heterocycles. The number of benzene rings is 1. The van der Waals surface area contributed by atoms with Gasteiger partial charge in [-0.1, -0.05) is 30.3 Å². The Bertz CT molecular complexity index is 890. The Morgan fingerprint density at radius 2 is 1.61 bits per heavy atom. The fourth-order valence-electron chi connectivity index (χ4n) is 2.32. The second-order valence-corrected chi connectivity index (χ2v) is 6.74. The summed E-state index contributed by atoms with van der Waals surface area (Å²) < 4.78 is 11.5. The van der Waals surface area contributed by atoms with E-state index in [1.54, 1.807) is 27.7 Å². The number of nitrogens with zero attached hydrogens (tertiary/aromatic N) is 2. The molecule has 1 heterocycles. The van der Waals surface area contributed by atoms with Crippen molar-refractivity contribution in [3.8, 4) is 0 Å². The monoisotopic (exact) mass is 384 g/mol. The molecule has 0 amide bonds. The van der Waals surface area contributed by atoms with Crippen molar-refractivity contribution in [3.05, 3.63) is 69.6 Å². The molecule has 7 heteroatoms. The minimum absolute atomic E-state index is 0.288. The zero-order valence-electron chi connectivity index (χ0n) is 16.4. The molecule has 0 radical (unpaired) electrons. The van der Waals surface area contributed by atoms with E-state index in [2.05, 4.69) is 5.10 Å². The highest BCUT2D eigenvalue weighted by atomic mass is 16.6. The van der Waals surface area contributed by atoms with Crippen molar-refractivity contribution in [3.63, 3.8) is 0 Å². The largest absolute Gasteiger partial charge is 0.459 e. The third kappa shape index (κ3) is 6.19. The van der Waals surface area contributed by atoms with Gasteiger partial charge in [-0.05, 0) is 39.3 Å². The van der Waals surface area contributed by atoms with E-state index >= 15 is 0 Å². The van der Waals surface area contributed by atoms with Crippen LogP contribution < -0.4 is 5.56 Å². The summed E-state index contributed by atoms with van der Waals surface area (Å²) in [5.74, 6) is -1.62. The van der Waals surface area contributed by atoms with Gasteiger partial charge in [0.15, 0.2) is 0 Å². The molecule has 0 spiro atoms. The first kappa shape index (κ1) is 21.1. The van der Waals surface area contributed by atoms with Crippen LogP contribution in [0.15, 0.2) is 53.0 Å². The van der Waals surface area contributed by atoms with Crippen LogP contribution in [0, 0.1) is 0 Å². The summed E-state index contributed by atoms with van der Waals surface area (Å²) in [5.41, 5.74) is 0.601. The van der Waals surface area contributed by atoms with Crippen molar-refractivity contribution in [2.45, 2.75) is 46.4 Å². The van der Waals surface area contributed by atoms with Gasteiger partial charge in [-0.3, -0.25) is 4.79 Å². The number of hydrogen-bond donors (Lipinski definition) is 0. The highest BCUT2D eigenvalue weighted by molar-refractivity contribution is 6.17. The van der Waals surface area contributed by atoms with E-state index in [-0.39, 0.29) is 11.1 Å². The maximum absolute atomic E-state index is 12.4. The quantitative estimate of drug-likeness (QED) is 0.316. The van der Waals surface area contributed by atoms with Gasteiger partial charge in [-0.2, -0.15) is 5.10 Å². The van der Waals surface area contributed by atoms with Gasteiger partial charge in [0, 0.05) is 11.6 Å². The standard InChI is InChI=1S/C21H24N2O5/c1-14(2)27-20(25)18(21(26)28-15(3)4)10-17-11-19(24)23(22-12-17)13-16-8-6-5-7-9-16/h5-12,14-15H,13H2,1-4H3. The lowest BCUT2D eigenvalue weighted by Gasteiger charge is -2.12. The van der Waals surface area contributed by atoms with Crippen LogP contribution in [-0.4, -0.2) is 33.9 Å². The van der Waals surface area contributed by atoms with Gasteiger partial charge in [0.25, 0.3) is 5.56 Å². The fraction of sp³-hybridized carbons (Fsp3) is 0.333. The predicted octanol–water partition coefficient (Wildman–Crippen LogP) is 2.58. The van der Waals surface area contributed by atoms with Gasteiger partial charge in [0.05, 0.1) is 24.9 Å². The molecule has 0 atom stereocenters. The van der Waals surface area contributed by atoms with Crippen molar-refractivity contribution >= 4 is 18.0 Å². The summed E-state index contributed by atoms with van der Waals surface area (Å²) in [6.45, 7) is 7.03. The van der Waals surface area contributed by atoms with Crippen LogP contribution >= 0.6 is 0 Å². The molecule has 2 rings (SSSR count). The molecule has 0 aliphatic carbocycles. The van der Waals surface area contributed by atoms with Crippen molar-refractivity contribution < 1.29 is 19.1 Å². The van der Waals surface area contributed by atoms with Gasteiger partial charge in [-0.25, -0.2) is 14.3 Å². The highest BCUT2D eigenvalue weighted by Crippen LogP contribution is 2.11. The molecule has 0 aliphatic heterocycles. The molecule has 1 aromatic carbocycles. The van der Waals surface area contributed by atoms with Gasteiger partial charge in [0.2, 0.25) is 0 Å². The SMILES string of the molecule is CC(C)OC(=O)C(=Cc1cnn(Cc2ccccc2)c(=O)c1)C(=O)OC(C)C. The number of hydrogen-bond acceptors (Lipinski definition) is 6. The number of aromatic nitrogens is 2. The summed E-state index contributed by atoms with van der Waals surface area (Å²) in [5, 5.41) is 4.12. The number of carbonyl (C=O) groups is 2. The zero-order chi connectivity index (χ0) is 20.7. The number of carbonyl (C=O) groups excluding carboxylic acids is 2. The third-order valence-corrected chi connectivity index (χ3v) is 3.50. The van der Waals surface area contributed by atoms with E-state index in [1.165, 1.54) is 23.0 Å². The first-order chi connectivity index (χ1) is 13.3. The Labute approximate surface area is 163 Å². The van der Waals surface area contributed by atoms with E-state index in [9.17, 15) is 14.4 Å². The molecule has 0 bridgehead atoms. The highest BCUT2D eigenvalue weighted by Gasteiger charge is 2.23. The fourth-order valence-corrected chi connectivity index (χ4v) is 2.32. The molecule has 7 nitrogen and oxygen atoms in total. The predicted molar refractivity (Wildman–Crippen MR) is 104 cm³/mol. The van der Waals surface area contributed by atoms with Gasteiger partial charge in [0.1, 0.15) is 5.57 Å². The summed E-state index contributed by atoms with van der Waals surface area (Å²) in [6.07, 6.45) is 1.87. The van der Waals surface area contributed by atoms with Crippen molar-refractivity contribution in [2.24, 2.45) is 0 Å². The van der Waals surface area contributed by atoms with Crippen LogP contribution in [0.5, 0.6) is 0 Å². The van der Waals surface area contributed by atoms with Crippen LogP contribution in [0.4, 0.5) is 0 Å². The molecular formula is C21H24N2O5. The van der Waals surface area contributed by atoms with Crippen molar-refractivity contribution in [2.75, 3.05) is 0 Å². The first-order valence-corrected chi connectivity index (χ1v) is 9.01. The Balaban J connectivity index is 2.31. The molecule has 2 aromatic rings. The molecule has 0 unspecified atom stereocenters. The van der Waals surface area contributed by atoms with Crippen LogP contribution in [0.1, 0.15) is 38.8 Å². The van der Waals surface area contributed by atoms with E-state index < -0.39 is 24.1 Å². The maximum Gasteiger partial charge on any atom is 0.345 e. The van der Waals surface area contributed by atoms with E-state index in [4.69, 9.17) is 9.47 Å². The Hall–Kier alpha value is -3.22. The van der Waals surface area contributed by atoms with Crippen molar-refractivity contribution in [1.82, 2.24) is 9.78 Å². The van der Waals surface area contributed by atoms with Gasteiger partial charge >= 0.3 is 11.9 Å². The molecule has 0 fully saturated rings. The molecule has 0 saturated carbocycles. The van der Waals surface area contributed by atoms with E-state index in [0.29, 0.717) is 12.1 Å². The third-order valence-electron chi connectivity index (χ3n) is 3.50. The smallest absolute Gasteiger partial charge is 0.345 e. The normalized spacial score (nSPS) is 10.6. The Morgan fingerprint density at radius 3 is 2.11 bits per heavy atom. The lowest BCUT2D eigenvalue weighted by atomic mass is 10.1. The Kier molecular flexibility index (Phi) is 7.26. The van der Waals surface area contributed by atoms with E-state index in [1.807, 2.05) is 30.3 Å². The van der Waals surface area contributed by atoms with Crippen molar-refractivity contribution in [1.29, 1.82) is 0 Å². The average molecular weight is 384 g/mol. The van der Waals surface area contributed by atoms with Crippen LogP contribution in [-0.2, 0) is 25.6 Å². The summed E-state index contributed by atoms with van der Waals surface area (Å²) >= 11 is 0. The lowest BCUT2D eigenvalue weighted by molar-refractivity contribution is -0.150. The van der Waals surface area contributed by atoms with E-state index in [0.717, 1.165) is 5.56 Å². The van der Waals surface area contributed by atoms with Gasteiger partial charge in [-0.15, -0.1) is 0 Å². The zero-order valence-corrected chi connectivity index (χ0v) is 16.4. The summed E-state index contributed by atoms with van der Waals surface area (Å²) in [4.78, 5) is 36.9. The second kappa shape index (κ2) is 9.64. The molecular weight excluding hydrogens is 360 g/mol. The second-order valence-electron chi connectivity index (χ2n) is 6.74. The molecule has 28 heavy (non-hydrogen) atoms. The van der Waals surface area contributed by atoms with Crippen LogP contribution in [0.3, 0.4) is 0 Å². The minimum atomic E-state index is -0.811. The topological polar surface area (TPSA) is 87.5 Å². The average Bonchev–Trinajstić information content (AvgIpc) is 2.61. The molecule has 1 aromatic heterocycles. The molecule has 0 aliphatic rings. The first-order valence-electron chi connectivity index (χ1n) is 9.01. The number of esters is 2. The molecule has 0 N–H and O–H groups in total. The Morgan fingerprint density at radius 1 is 1.04 bits per heavy atom. The maximum atomic E-state index is 12.4. The summed E-state index contributed by atoms with van der Waals surface area (Å²) in [6, 6.07) is 10.7.